The summed E-state index contributed by atoms with van der Waals surface area (Å²) in [6.45, 7) is -0.449. The summed E-state index contributed by atoms with van der Waals surface area (Å²) in [6.07, 6.45) is -3.70. The molecular formula is C18H19F4N3O2. The zero-order valence-corrected chi connectivity index (χ0v) is 14.7. The van der Waals surface area contributed by atoms with Gasteiger partial charge in [0, 0.05) is 37.6 Å². The van der Waals surface area contributed by atoms with Crippen molar-refractivity contribution in [2.75, 3.05) is 39.8 Å². The van der Waals surface area contributed by atoms with Crippen LogP contribution >= 0.6 is 0 Å². The molecule has 0 saturated carbocycles. The predicted molar refractivity (Wildman–Crippen MR) is 91.6 cm³/mol. The van der Waals surface area contributed by atoms with Crippen LogP contribution in [0.1, 0.15) is 10.4 Å². The van der Waals surface area contributed by atoms with E-state index in [-0.39, 0.29) is 32.1 Å². The fourth-order valence-electron chi connectivity index (χ4n) is 3.08. The van der Waals surface area contributed by atoms with Gasteiger partial charge in [0.25, 0.3) is 5.91 Å². The van der Waals surface area contributed by atoms with Gasteiger partial charge >= 0.3 is 12.3 Å². The maximum Gasteiger partial charge on any atom is 0.319 e. The zero-order valence-electron chi connectivity index (χ0n) is 14.7. The largest absolute Gasteiger partial charge is 0.481 e. The van der Waals surface area contributed by atoms with E-state index in [1.165, 1.54) is 16.9 Å². The molecule has 2 aromatic rings. The number of halogens is 4. The number of para-hydroxylation sites is 1. The van der Waals surface area contributed by atoms with Crippen LogP contribution in [0, 0.1) is 0 Å². The van der Waals surface area contributed by atoms with Crippen molar-refractivity contribution in [2.45, 2.75) is 12.3 Å². The van der Waals surface area contributed by atoms with Gasteiger partial charge in [-0.1, -0.05) is 18.2 Å². The van der Waals surface area contributed by atoms with Crippen LogP contribution in [0.15, 0.2) is 30.3 Å². The number of aromatic nitrogens is 1. The molecule has 27 heavy (non-hydrogen) atoms. The summed E-state index contributed by atoms with van der Waals surface area (Å²) >= 11 is 0. The second-order valence-electron chi connectivity index (χ2n) is 6.36. The number of rotatable bonds is 5. The van der Waals surface area contributed by atoms with Crippen LogP contribution in [0.3, 0.4) is 0 Å². The Hall–Kier alpha value is -2.42. The molecule has 1 aliphatic rings. The number of fused-ring (bicyclic) bond motifs is 1. The number of amides is 1. The normalized spacial score (nSPS) is 16.1. The number of alkyl halides is 4. The molecule has 3 rings (SSSR count). The second-order valence-corrected chi connectivity index (χ2v) is 6.36. The summed E-state index contributed by atoms with van der Waals surface area (Å²) in [4.78, 5) is 20.0. The minimum Gasteiger partial charge on any atom is -0.481 e. The highest BCUT2D eigenvalue weighted by molar-refractivity contribution is 6.06. The van der Waals surface area contributed by atoms with Gasteiger partial charge in [0.1, 0.15) is 0 Å². The van der Waals surface area contributed by atoms with E-state index in [0.29, 0.717) is 22.3 Å². The molecule has 0 aliphatic carbocycles. The number of carbonyl (C=O) groups excluding carboxylic acids is 1. The highest BCUT2D eigenvalue weighted by Gasteiger charge is 2.42. The van der Waals surface area contributed by atoms with E-state index in [0.717, 1.165) is 0 Å². The van der Waals surface area contributed by atoms with Gasteiger partial charge in [-0.15, -0.1) is 0 Å². The number of benzene rings is 1. The third-order valence-electron chi connectivity index (χ3n) is 4.55. The van der Waals surface area contributed by atoms with E-state index in [1.54, 1.807) is 30.3 Å². The summed E-state index contributed by atoms with van der Waals surface area (Å²) in [5.74, 6) is -4.03. The molecule has 0 atom stereocenters. The molecule has 0 spiro atoms. The van der Waals surface area contributed by atoms with Crippen LogP contribution in [-0.4, -0.2) is 72.9 Å². The highest BCUT2D eigenvalue weighted by atomic mass is 19.3. The first-order valence-electron chi connectivity index (χ1n) is 8.43. The molecule has 1 fully saturated rings. The Morgan fingerprint density at radius 2 is 1.89 bits per heavy atom. The molecule has 146 valence electrons. The highest BCUT2D eigenvalue weighted by Crippen LogP contribution is 2.26. The molecule has 1 aliphatic heterocycles. The molecule has 1 saturated heterocycles. The fourth-order valence-corrected chi connectivity index (χ4v) is 3.08. The van der Waals surface area contributed by atoms with Crippen molar-refractivity contribution in [2.24, 2.45) is 0 Å². The Morgan fingerprint density at radius 3 is 2.52 bits per heavy atom. The van der Waals surface area contributed by atoms with Crippen molar-refractivity contribution in [3.63, 3.8) is 0 Å². The van der Waals surface area contributed by atoms with Crippen LogP contribution in [0.2, 0.25) is 0 Å². The quantitative estimate of drug-likeness (QED) is 0.743. The first-order chi connectivity index (χ1) is 12.8. The van der Waals surface area contributed by atoms with Crippen molar-refractivity contribution in [3.8, 4) is 5.88 Å². The van der Waals surface area contributed by atoms with Crippen LogP contribution < -0.4 is 4.74 Å². The van der Waals surface area contributed by atoms with Crippen LogP contribution in [0.25, 0.3) is 10.9 Å². The summed E-state index contributed by atoms with van der Waals surface area (Å²) in [7, 11) is 1.45. The van der Waals surface area contributed by atoms with Gasteiger partial charge in [0.05, 0.1) is 24.7 Å². The Bertz CT molecular complexity index is 823. The van der Waals surface area contributed by atoms with Gasteiger partial charge in [0.2, 0.25) is 5.88 Å². The summed E-state index contributed by atoms with van der Waals surface area (Å²) in [5, 5.41) is 0.662. The molecule has 1 amide bonds. The van der Waals surface area contributed by atoms with E-state index in [2.05, 4.69) is 4.98 Å². The average molecular weight is 385 g/mol. The Morgan fingerprint density at radius 1 is 1.22 bits per heavy atom. The molecular weight excluding hydrogens is 366 g/mol. The number of nitrogens with zero attached hydrogens (tertiary/aromatic N) is 3. The number of pyridine rings is 1. The van der Waals surface area contributed by atoms with E-state index in [1.807, 2.05) is 0 Å². The van der Waals surface area contributed by atoms with Crippen molar-refractivity contribution in [1.82, 2.24) is 14.8 Å². The third kappa shape index (κ3) is 4.13. The lowest BCUT2D eigenvalue weighted by atomic mass is 10.1. The number of hydrogen-bond acceptors (Lipinski definition) is 4. The molecule has 1 aromatic heterocycles. The Kier molecular flexibility index (Phi) is 5.50. The lowest BCUT2D eigenvalue weighted by Crippen LogP contribution is -2.52. The maximum atomic E-state index is 13.2. The summed E-state index contributed by atoms with van der Waals surface area (Å²) in [5.41, 5.74) is 1.01. The van der Waals surface area contributed by atoms with Gasteiger partial charge in [-0.3, -0.25) is 9.69 Å². The Balaban J connectivity index is 1.74. The topological polar surface area (TPSA) is 45.7 Å². The number of carbonyl (C=O) groups is 1. The first kappa shape index (κ1) is 19.3. The molecule has 9 heteroatoms. The molecule has 0 bridgehead atoms. The third-order valence-corrected chi connectivity index (χ3v) is 4.55. The average Bonchev–Trinajstić information content (AvgIpc) is 2.66. The molecule has 1 aromatic carbocycles. The SMILES string of the molecule is COc1cc(C(=O)N2CCN(CC(F)(F)C(F)F)CC2)c2ccccc2n1. The van der Waals surface area contributed by atoms with Crippen LogP contribution in [0.5, 0.6) is 5.88 Å². The van der Waals surface area contributed by atoms with E-state index >= 15 is 0 Å². The first-order valence-corrected chi connectivity index (χ1v) is 8.43. The van der Waals surface area contributed by atoms with Crippen LogP contribution in [0.4, 0.5) is 17.6 Å². The van der Waals surface area contributed by atoms with Crippen LogP contribution in [-0.2, 0) is 0 Å². The summed E-state index contributed by atoms with van der Waals surface area (Å²) < 4.78 is 56.3. The molecule has 0 N–H and O–H groups in total. The van der Waals surface area contributed by atoms with Gasteiger partial charge in [-0.2, -0.15) is 8.78 Å². The van der Waals surface area contributed by atoms with Gasteiger partial charge in [-0.25, -0.2) is 13.8 Å². The monoisotopic (exact) mass is 385 g/mol. The molecule has 0 unspecified atom stereocenters. The van der Waals surface area contributed by atoms with E-state index < -0.39 is 18.9 Å². The zero-order chi connectivity index (χ0) is 19.6. The molecule has 5 nitrogen and oxygen atoms in total. The predicted octanol–water partition coefficient (Wildman–Crippen LogP) is 2.90. The smallest absolute Gasteiger partial charge is 0.319 e. The van der Waals surface area contributed by atoms with Gasteiger partial charge in [-0.05, 0) is 6.07 Å². The van der Waals surface area contributed by atoms with Gasteiger partial charge < -0.3 is 9.64 Å². The number of piperazine rings is 1. The fraction of sp³-hybridized carbons (Fsp3) is 0.444. The Labute approximate surface area is 153 Å². The number of hydrogen-bond donors (Lipinski definition) is 0. The second kappa shape index (κ2) is 7.67. The van der Waals surface area contributed by atoms with Crippen molar-refractivity contribution < 1.29 is 27.1 Å². The summed E-state index contributed by atoms with van der Waals surface area (Å²) in [6, 6.07) is 8.66. The maximum absolute atomic E-state index is 13.2. The molecule has 0 radical (unpaired) electrons. The lowest BCUT2D eigenvalue weighted by Gasteiger charge is -2.36. The number of ether oxygens (including phenoxy) is 1. The van der Waals surface area contributed by atoms with E-state index in [9.17, 15) is 22.4 Å². The van der Waals surface area contributed by atoms with Crippen molar-refractivity contribution in [3.05, 3.63) is 35.9 Å². The standard InChI is InChI=1S/C18H19F4N3O2/c1-27-15-10-13(12-4-2-3-5-14(12)23-15)16(26)25-8-6-24(7-9-25)11-18(21,22)17(19)20/h2-5,10,17H,6-9,11H2,1H3. The minimum absolute atomic E-state index is 0.105. The number of methoxy groups -OCH3 is 1. The van der Waals surface area contributed by atoms with Gasteiger partial charge in [0.15, 0.2) is 0 Å². The molecule has 2 heterocycles. The lowest BCUT2D eigenvalue weighted by molar-refractivity contribution is -0.144. The minimum atomic E-state index is -4.05. The van der Waals surface area contributed by atoms with E-state index in [4.69, 9.17) is 4.74 Å². The van der Waals surface area contributed by atoms with Crippen molar-refractivity contribution >= 4 is 16.8 Å². The van der Waals surface area contributed by atoms with Crippen molar-refractivity contribution in [1.29, 1.82) is 0 Å².